The molecule has 1 aliphatic rings. The first kappa shape index (κ1) is 19.9. The number of carbonyl (C=O) groups excluding carboxylic acids is 2. The number of ether oxygens (including phenoxy) is 1. The van der Waals surface area contributed by atoms with E-state index in [1.807, 2.05) is 55.5 Å². The van der Waals surface area contributed by atoms with Crippen molar-refractivity contribution in [3.05, 3.63) is 59.7 Å². The van der Waals surface area contributed by atoms with Gasteiger partial charge in [0, 0.05) is 5.92 Å². The van der Waals surface area contributed by atoms with Crippen molar-refractivity contribution in [3.8, 4) is 5.75 Å². The Morgan fingerprint density at radius 2 is 1.82 bits per heavy atom. The number of hydrogen-bond donors (Lipinski definition) is 2. The molecule has 0 aromatic heterocycles. The molecule has 0 aliphatic carbocycles. The van der Waals surface area contributed by atoms with E-state index in [4.69, 9.17) is 10.5 Å². The van der Waals surface area contributed by atoms with Crippen LogP contribution in [0.1, 0.15) is 30.0 Å². The van der Waals surface area contributed by atoms with Crippen LogP contribution in [0.15, 0.2) is 48.5 Å². The van der Waals surface area contributed by atoms with Crippen molar-refractivity contribution < 1.29 is 14.3 Å². The van der Waals surface area contributed by atoms with Crippen LogP contribution >= 0.6 is 0 Å². The molecule has 1 fully saturated rings. The molecule has 6 nitrogen and oxygen atoms in total. The van der Waals surface area contributed by atoms with Gasteiger partial charge >= 0.3 is 0 Å². The number of nitrogens with two attached hydrogens (primary N) is 1. The zero-order chi connectivity index (χ0) is 20.1. The van der Waals surface area contributed by atoms with Crippen LogP contribution in [0.5, 0.6) is 5.75 Å². The second kappa shape index (κ2) is 8.89. The van der Waals surface area contributed by atoms with Crippen molar-refractivity contribution in [2.24, 2.45) is 11.7 Å². The minimum atomic E-state index is -0.444. The quantitative estimate of drug-likeness (QED) is 0.806. The highest BCUT2D eigenvalue weighted by Gasteiger charge is 2.32. The van der Waals surface area contributed by atoms with Gasteiger partial charge in [0.2, 0.25) is 11.8 Å². The molecule has 1 heterocycles. The Hall–Kier alpha value is -2.86. The molecule has 3 rings (SSSR count). The van der Waals surface area contributed by atoms with E-state index in [1.165, 1.54) is 0 Å². The smallest absolute Gasteiger partial charge is 0.246 e. The minimum absolute atomic E-state index is 0.118. The van der Waals surface area contributed by atoms with Gasteiger partial charge in [0.15, 0.2) is 0 Å². The van der Waals surface area contributed by atoms with Gasteiger partial charge in [-0.2, -0.15) is 0 Å². The molecule has 1 atom stereocenters. The van der Waals surface area contributed by atoms with Crippen LogP contribution < -0.4 is 15.8 Å². The molecular weight excluding hydrogens is 354 g/mol. The van der Waals surface area contributed by atoms with Crippen LogP contribution in [0.25, 0.3) is 0 Å². The summed E-state index contributed by atoms with van der Waals surface area (Å²) in [5.41, 5.74) is 8.07. The number of primary amides is 1. The molecular formula is C22H27N3O3. The first-order valence-corrected chi connectivity index (χ1v) is 9.53. The first-order chi connectivity index (χ1) is 13.5. The number of piperidine rings is 1. The Balaban J connectivity index is 1.85. The van der Waals surface area contributed by atoms with E-state index >= 15 is 0 Å². The van der Waals surface area contributed by atoms with Gasteiger partial charge in [-0.25, -0.2) is 0 Å². The normalized spacial score (nSPS) is 16.4. The second-order valence-corrected chi connectivity index (χ2v) is 7.22. The minimum Gasteiger partial charge on any atom is -0.495 e. The lowest BCUT2D eigenvalue weighted by atomic mass is 9.93. The largest absolute Gasteiger partial charge is 0.495 e. The van der Waals surface area contributed by atoms with E-state index < -0.39 is 6.04 Å². The third kappa shape index (κ3) is 4.51. The first-order valence-electron chi connectivity index (χ1n) is 9.53. The lowest BCUT2D eigenvalue weighted by Crippen LogP contribution is -2.44. The molecule has 2 amide bonds. The van der Waals surface area contributed by atoms with Crippen LogP contribution in [-0.2, 0) is 9.59 Å². The van der Waals surface area contributed by atoms with Crippen LogP contribution in [0.2, 0.25) is 0 Å². The molecule has 0 radical (unpaired) electrons. The highest BCUT2D eigenvalue weighted by Crippen LogP contribution is 2.31. The van der Waals surface area contributed by atoms with Gasteiger partial charge in [0.25, 0.3) is 0 Å². The van der Waals surface area contributed by atoms with Gasteiger partial charge in [0.1, 0.15) is 11.8 Å². The van der Waals surface area contributed by atoms with E-state index in [-0.39, 0.29) is 17.7 Å². The van der Waals surface area contributed by atoms with E-state index in [0.717, 1.165) is 11.1 Å². The predicted octanol–water partition coefficient (Wildman–Crippen LogP) is 2.88. The van der Waals surface area contributed by atoms with E-state index in [2.05, 4.69) is 10.2 Å². The van der Waals surface area contributed by atoms with Crippen molar-refractivity contribution in [3.63, 3.8) is 0 Å². The zero-order valence-corrected chi connectivity index (χ0v) is 16.4. The summed E-state index contributed by atoms with van der Waals surface area (Å²) in [6, 6.07) is 15.0. The van der Waals surface area contributed by atoms with Gasteiger partial charge in [0.05, 0.1) is 12.8 Å². The summed E-state index contributed by atoms with van der Waals surface area (Å²) in [5.74, 6) is 0.128. The summed E-state index contributed by atoms with van der Waals surface area (Å²) >= 11 is 0. The zero-order valence-electron chi connectivity index (χ0n) is 16.4. The fraction of sp³-hybridized carbons (Fsp3) is 0.364. The number of rotatable bonds is 6. The number of likely N-dealkylation sites (tertiary alicyclic amines) is 1. The summed E-state index contributed by atoms with van der Waals surface area (Å²) in [6.45, 7) is 3.26. The highest BCUT2D eigenvalue weighted by atomic mass is 16.5. The Labute approximate surface area is 165 Å². The molecule has 3 N–H and O–H groups in total. The number of nitrogens with zero attached hydrogens (tertiary/aromatic N) is 1. The number of amides is 2. The highest BCUT2D eigenvalue weighted by molar-refractivity contribution is 5.97. The van der Waals surface area contributed by atoms with Crippen molar-refractivity contribution in [1.29, 1.82) is 0 Å². The van der Waals surface area contributed by atoms with Crippen molar-refractivity contribution in [1.82, 2.24) is 4.90 Å². The summed E-state index contributed by atoms with van der Waals surface area (Å²) < 4.78 is 5.39. The number of methoxy groups -OCH3 is 1. The molecule has 28 heavy (non-hydrogen) atoms. The van der Waals surface area contributed by atoms with Crippen LogP contribution in [0.3, 0.4) is 0 Å². The Kier molecular flexibility index (Phi) is 6.31. The molecule has 0 spiro atoms. The lowest BCUT2D eigenvalue weighted by molar-refractivity contribution is -0.125. The predicted molar refractivity (Wildman–Crippen MR) is 109 cm³/mol. The monoisotopic (exact) mass is 381 g/mol. The number of carbonyl (C=O) groups is 2. The molecule has 6 heteroatoms. The Morgan fingerprint density at radius 3 is 2.43 bits per heavy atom. The number of anilines is 1. The molecule has 0 bridgehead atoms. The van der Waals surface area contributed by atoms with Crippen molar-refractivity contribution in [2.75, 3.05) is 25.5 Å². The lowest BCUT2D eigenvalue weighted by Gasteiger charge is -2.36. The number of nitrogens with one attached hydrogen (secondary N) is 1. The topological polar surface area (TPSA) is 84.7 Å². The SMILES string of the molecule is COc1ccc(C)cc1NC(=O)[C@@H](c1ccccc1)N1CCC(C(N)=O)CC1. The fourth-order valence-corrected chi connectivity index (χ4v) is 3.73. The van der Waals surface area contributed by atoms with Gasteiger partial charge < -0.3 is 15.8 Å². The molecule has 1 aliphatic heterocycles. The molecule has 0 unspecified atom stereocenters. The second-order valence-electron chi connectivity index (χ2n) is 7.22. The van der Waals surface area contributed by atoms with E-state index in [1.54, 1.807) is 7.11 Å². The number of hydrogen-bond acceptors (Lipinski definition) is 4. The summed E-state index contributed by atoms with van der Waals surface area (Å²) in [4.78, 5) is 26.9. The third-order valence-electron chi connectivity index (χ3n) is 5.27. The van der Waals surface area contributed by atoms with Crippen molar-refractivity contribution in [2.45, 2.75) is 25.8 Å². The fourth-order valence-electron chi connectivity index (χ4n) is 3.73. The maximum atomic E-state index is 13.3. The average Bonchev–Trinajstić information content (AvgIpc) is 2.69. The molecule has 0 saturated carbocycles. The Morgan fingerprint density at radius 1 is 1.14 bits per heavy atom. The number of aryl methyl sites for hydroxylation is 1. The molecule has 2 aromatic carbocycles. The average molecular weight is 381 g/mol. The summed E-state index contributed by atoms with van der Waals surface area (Å²) in [5, 5.41) is 3.03. The van der Waals surface area contributed by atoms with Crippen LogP contribution in [-0.4, -0.2) is 36.9 Å². The molecule has 148 valence electrons. The standard InChI is InChI=1S/C22H27N3O3/c1-15-8-9-19(28-2)18(14-15)24-22(27)20(16-6-4-3-5-7-16)25-12-10-17(11-13-25)21(23)26/h3-9,14,17,20H,10-13H2,1-2H3,(H2,23,26)(H,24,27)/t20-/m1/s1. The number of benzene rings is 2. The van der Waals surface area contributed by atoms with Gasteiger partial charge in [-0.15, -0.1) is 0 Å². The summed E-state index contributed by atoms with van der Waals surface area (Å²) in [6.07, 6.45) is 1.33. The van der Waals surface area contributed by atoms with Gasteiger partial charge in [-0.3, -0.25) is 14.5 Å². The van der Waals surface area contributed by atoms with Crippen molar-refractivity contribution >= 4 is 17.5 Å². The third-order valence-corrected chi connectivity index (χ3v) is 5.27. The molecule has 1 saturated heterocycles. The van der Waals surface area contributed by atoms with E-state index in [0.29, 0.717) is 37.4 Å². The van der Waals surface area contributed by atoms with E-state index in [9.17, 15) is 9.59 Å². The maximum Gasteiger partial charge on any atom is 0.246 e. The molecule has 2 aromatic rings. The Bertz CT molecular complexity index is 830. The maximum absolute atomic E-state index is 13.3. The van der Waals surface area contributed by atoms with Crippen LogP contribution in [0, 0.1) is 12.8 Å². The van der Waals surface area contributed by atoms with Gasteiger partial charge in [-0.05, 0) is 56.1 Å². The van der Waals surface area contributed by atoms with Crippen LogP contribution in [0.4, 0.5) is 5.69 Å². The summed E-state index contributed by atoms with van der Waals surface area (Å²) in [7, 11) is 1.59. The van der Waals surface area contributed by atoms with Gasteiger partial charge in [-0.1, -0.05) is 36.4 Å².